The highest BCUT2D eigenvalue weighted by molar-refractivity contribution is 7.59. The van der Waals surface area contributed by atoms with Gasteiger partial charge in [0.15, 0.2) is 11.4 Å². The maximum Gasteiger partial charge on any atom is 0.222 e. The molecule has 1 aliphatic heterocycles. The molecule has 1 saturated heterocycles. The fraction of sp³-hybridized carbons (Fsp3) is 0.333. The molecule has 0 spiro atoms. The van der Waals surface area contributed by atoms with Crippen LogP contribution in [0.15, 0.2) is 16.5 Å². The highest BCUT2D eigenvalue weighted by Gasteiger charge is 2.25. The molecule has 4 rings (SSSR count). The average molecular weight is 386 g/mol. The fourth-order valence-corrected chi connectivity index (χ4v) is 3.49. The summed E-state index contributed by atoms with van der Waals surface area (Å²) in [5.41, 5.74) is 13.7. The molecule has 3 heterocycles. The number of rotatable bonds is 1. The number of hydrogen-bond donors (Lipinski definition) is 2. The van der Waals surface area contributed by atoms with Crippen molar-refractivity contribution in [3.8, 4) is 0 Å². The van der Waals surface area contributed by atoms with Crippen LogP contribution in [0.3, 0.4) is 0 Å². The van der Waals surface area contributed by atoms with Gasteiger partial charge in [-0.15, -0.1) is 0 Å². The number of furan rings is 1. The second-order valence-electron chi connectivity index (χ2n) is 5.77. The number of benzene rings is 1. The Morgan fingerprint density at radius 2 is 2.04 bits per heavy atom. The molecule has 2 aromatic heterocycles. The van der Waals surface area contributed by atoms with E-state index in [1.54, 1.807) is 12.1 Å². The minimum absolute atomic E-state index is 0. The first kappa shape index (κ1) is 17.4. The lowest BCUT2D eigenvalue weighted by molar-refractivity contribution is 0.502. The molecule has 0 unspecified atom stereocenters. The van der Waals surface area contributed by atoms with Gasteiger partial charge in [0.25, 0.3) is 0 Å². The summed E-state index contributed by atoms with van der Waals surface area (Å²) in [6.07, 6.45) is 2.00. The van der Waals surface area contributed by atoms with Crippen LogP contribution in [-0.4, -0.2) is 29.1 Å². The molecule has 9 heteroatoms. The van der Waals surface area contributed by atoms with E-state index in [1.165, 1.54) is 0 Å². The van der Waals surface area contributed by atoms with E-state index in [2.05, 4.69) is 14.9 Å². The zero-order chi connectivity index (χ0) is 16.1. The summed E-state index contributed by atoms with van der Waals surface area (Å²) in [6, 6.07) is 3.58. The van der Waals surface area contributed by atoms with Gasteiger partial charge in [-0.25, -0.2) is 4.98 Å². The molecule has 0 radical (unpaired) electrons. The highest BCUT2D eigenvalue weighted by atomic mass is 35.5. The van der Waals surface area contributed by atoms with Crippen LogP contribution in [0.2, 0.25) is 10.0 Å². The first-order valence-corrected chi connectivity index (χ1v) is 8.14. The van der Waals surface area contributed by atoms with E-state index in [0.29, 0.717) is 44.5 Å². The van der Waals surface area contributed by atoms with E-state index in [1.807, 2.05) is 0 Å². The molecule has 1 atom stereocenters. The Morgan fingerprint density at radius 1 is 1.25 bits per heavy atom. The van der Waals surface area contributed by atoms with Crippen molar-refractivity contribution in [3.05, 3.63) is 22.2 Å². The number of aromatic nitrogens is 2. The normalized spacial score (nSPS) is 18.1. The Hall–Kier alpha value is -1.41. The standard InChI is InChI=1S/C15H15Cl2N5O.H2S/c16-8-3-4-9-10(11(8)17)12-13(23-9)14(21-15(19)20-12)22-5-1-2-7(18)6-22;/h3-4,7H,1-2,5-6,18H2,(H2,19,20,21);1H2/t7-;/m0./s1. The van der Waals surface area contributed by atoms with E-state index in [-0.39, 0.29) is 25.5 Å². The van der Waals surface area contributed by atoms with Gasteiger partial charge in [0.2, 0.25) is 5.95 Å². The van der Waals surface area contributed by atoms with Gasteiger partial charge in [0, 0.05) is 19.1 Å². The molecule has 128 valence electrons. The third-order valence-corrected chi connectivity index (χ3v) is 4.93. The van der Waals surface area contributed by atoms with E-state index in [9.17, 15) is 0 Å². The summed E-state index contributed by atoms with van der Waals surface area (Å²) < 4.78 is 5.96. The van der Waals surface area contributed by atoms with E-state index in [4.69, 9.17) is 39.1 Å². The average Bonchev–Trinajstić information content (AvgIpc) is 2.89. The van der Waals surface area contributed by atoms with E-state index in [0.717, 1.165) is 19.4 Å². The number of piperidine rings is 1. The molecule has 3 aromatic rings. The Morgan fingerprint density at radius 3 is 2.79 bits per heavy atom. The third-order valence-electron chi connectivity index (χ3n) is 4.13. The number of hydrogen-bond acceptors (Lipinski definition) is 6. The summed E-state index contributed by atoms with van der Waals surface area (Å²) in [6.45, 7) is 1.56. The molecule has 1 aliphatic rings. The SMILES string of the molecule is Nc1nc(N2CCC[C@H](N)C2)c2oc3ccc(Cl)c(Cl)c3c2n1.S. The number of nitrogen functional groups attached to an aromatic ring is 1. The molecular weight excluding hydrogens is 369 g/mol. The summed E-state index contributed by atoms with van der Waals surface area (Å²) in [5, 5.41) is 1.51. The fourth-order valence-electron chi connectivity index (χ4n) is 3.08. The summed E-state index contributed by atoms with van der Waals surface area (Å²) >= 11 is 12.5. The van der Waals surface area contributed by atoms with Gasteiger partial charge in [-0.2, -0.15) is 18.5 Å². The molecule has 0 bridgehead atoms. The predicted octanol–water partition coefficient (Wildman–Crippen LogP) is 3.31. The smallest absolute Gasteiger partial charge is 0.222 e. The number of nitrogens with two attached hydrogens (primary N) is 2. The lowest BCUT2D eigenvalue weighted by Gasteiger charge is -2.31. The molecule has 4 N–H and O–H groups in total. The largest absolute Gasteiger partial charge is 0.450 e. The lowest BCUT2D eigenvalue weighted by Crippen LogP contribution is -2.43. The topological polar surface area (TPSA) is 94.2 Å². The van der Waals surface area contributed by atoms with E-state index >= 15 is 0 Å². The van der Waals surface area contributed by atoms with Crippen molar-refractivity contribution in [2.45, 2.75) is 18.9 Å². The molecule has 0 amide bonds. The van der Waals surface area contributed by atoms with Gasteiger partial charge < -0.3 is 20.8 Å². The number of nitrogens with zero attached hydrogens (tertiary/aromatic N) is 3. The minimum atomic E-state index is 0. The minimum Gasteiger partial charge on any atom is -0.450 e. The monoisotopic (exact) mass is 385 g/mol. The molecule has 1 aromatic carbocycles. The molecule has 1 fully saturated rings. The Kier molecular flexibility index (Phi) is 4.70. The molecule has 6 nitrogen and oxygen atoms in total. The van der Waals surface area contributed by atoms with Crippen LogP contribution in [0, 0.1) is 0 Å². The van der Waals surface area contributed by atoms with Crippen molar-refractivity contribution in [1.29, 1.82) is 0 Å². The van der Waals surface area contributed by atoms with Gasteiger partial charge in [-0.3, -0.25) is 0 Å². The van der Waals surface area contributed by atoms with Crippen molar-refractivity contribution in [2.75, 3.05) is 23.7 Å². The van der Waals surface area contributed by atoms with Gasteiger partial charge in [0.1, 0.15) is 11.1 Å². The summed E-state index contributed by atoms with van der Waals surface area (Å²) in [5.74, 6) is 0.830. The quantitative estimate of drug-likeness (QED) is 0.667. The van der Waals surface area contributed by atoms with Crippen LogP contribution >= 0.6 is 36.7 Å². The van der Waals surface area contributed by atoms with Gasteiger partial charge >= 0.3 is 0 Å². The van der Waals surface area contributed by atoms with Gasteiger partial charge in [-0.05, 0) is 25.0 Å². The van der Waals surface area contributed by atoms with Crippen molar-refractivity contribution in [2.24, 2.45) is 5.73 Å². The Labute approximate surface area is 155 Å². The van der Waals surface area contributed by atoms with Crippen molar-refractivity contribution >= 4 is 70.5 Å². The second kappa shape index (κ2) is 6.48. The predicted molar refractivity (Wildman–Crippen MR) is 104 cm³/mol. The van der Waals surface area contributed by atoms with Gasteiger partial charge in [-0.1, -0.05) is 23.2 Å². The first-order valence-electron chi connectivity index (χ1n) is 7.39. The van der Waals surface area contributed by atoms with Crippen molar-refractivity contribution in [3.63, 3.8) is 0 Å². The van der Waals surface area contributed by atoms with Crippen molar-refractivity contribution in [1.82, 2.24) is 9.97 Å². The zero-order valence-electron chi connectivity index (χ0n) is 12.7. The molecule has 0 saturated carbocycles. The van der Waals surface area contributed by atoms with Crippen LogP contribution < -0.4 is 16.4 Å². The van der Waals surface area contributed by atoms with Gasteiger partial charge in [0.05, 0.1) is 15.4 Å². The Bertz CT molecular complexity index is 916. The first-order chi connectivity index (χ1) is 11.0. The maximum atomic E-state index is 6.33. The second-order valence-corrected chi connectivity index (χ2v) is 6.55. The van der Waals surface area contributed by atoms with Crippen LogP contribution in [-0.2, 0) is 0 Å². The maximum absolute atomic E-state index is 6.33. The number of fused-ring (bicyclic) bond motifs is 3. The Balaban J connectivity index is 0.00000169. The number of anilines is 2. The van der Waals surface area contributed by atoms with E-state index < -0.39 is 0 Å². The van der Waals surface area contributed by atoms with Crippen LogP contribution in [0.1, 0.15) is 12.8 Å². The van der Waals surface area contributed by atoms with Crippen LogP contribution in [0.25, 0.3) is 22.1 Å². The summed E-state index contributed by atoms with van der Waals surface area (Å²) in [7, 11) is 0. The van der Waals surface area contributed by atoms with Crippen LogP contribution in [0.5, 0.6) is 0 Å². The lowest BCUT2D eigenvalue weighted by atomic mass is 10.1. The highest BCUT2D eigenvalue weighted by Crippen LogP contribution is 2.40. The molecule has 24 heavy (non-hydrogen) atoms. The van der Waals surface area contributed by atoms with Crippen molar-refractivity contribution < 1.29 is 4.42 Å². The third kappa shape index (κ3) is 2.75. The number of halogens is 2. The van der Waals surface area contributed by atoms with Crippen LogP contribution in [0.4, 0.5) is 11.8 Å². The zero-order valence-corrected chi connectivity index (χ0v) is 15.2. The molecule has 0 aliphatic carbocycles. The summed E-state index contributed by atoms with van der Waals surface area (Å²) in [4.78, 5) is 10.8. The molecular formula is C15H17Cl2N5OS.